The lowest BCUT2D eigenvalue weighted by Gasteiger charge is -2.36. The van der Waals surface area contributed by atoms with Crippen LogP contribution in [0.25, 0.3) is 10.9 Å². The summed E-state index contributed by atoms with van der Waals surface area (Å²) in [6.45, 7) is 3.60. The van der Waals surface area contributed by atoms with Crippen LogP contribution in [0.2, 0.25) is 0 Å². The van der Waals surface area contributed by atoms with Crippen LogP contribution in [0.4, 0.5) is 0 Å². The van der Waals surface area contributed by atoms with Crippen molar-refractivity contribution >= 4 is 28.7 Å². The van der Waals surface area contributed by atoms with Crippen LogP contribution in [0, 0.1) is 5.92 Å². The summed E-state index contributed by atoms with van der Waals surface area (Å²) in [4.78, 5) is 57.2. The second-order valence-corrected chi connectivity index (χ2v) is 19.2. The molecule has 9 rings (SSSR count). The number of methoxy groups -OCH3 is 1. The van der Waals surface area contributed by atoms with E-state index in [1.807, 2.05) is 24.3 Å². The summed E-state index contributed by atoms with van der Waals surface area (Å²) < 4.78 is 17.7. The molecule has 7 aromatic rings. The number of hydrogen-bond acceptors (Lipinski definition) is 12. The number of aliphatic hydroxyl groups is 2. The van der Waals surface area contributed by atoms with Crippen LogP contribution in [-0.2, 0) is 34.8 Å². The molecule has 0 radical (unpaired) electrons. The highest BCUT2D eigenvalue weighted by Crippen LogP contribution is 2.35. The molecule has 2 atom stereocenters. The van der Waals surface area contributed by atoms with E-state index in [0.717, 1.165) is 43.6 Å². The van der Waals surface area contributed by atoms with Gasteiger partial charge in [0, 0.05) is 65.4 Å². The van der Waals surface area contributed by atoms with Gasteiger partial charge in [-0.1, -0.05) is 97.1 Å². The number of hydrogen-bond donors (Lipinski definition) is 7. The van der Waals surface area contributed by atoms with Crippen LogP contribution in [0.5, 0.6) is 17.2 Å². The number of phenols is 1. The number of likely N-dealkylation sites (tertiary alicyclic amines) is 1. The van der Waals surface area contributed by atoms with Crippen LogP contribution < -0.4 is 31.0 Å². The van der Waals surface area contributed by atoms with Gasteiger partial charge in [-0.3, -0.25) is 19.3 Å². The van der Waals surface area contributed by atoms with E-state index in [2.05, 4.69) is 50.1 Å². The highest BCUT2D eigenvalue weighted by Gasteiger charge is 2.42. The Morgan fingerprint density at radius 3 is 2.15 bits per heavy atom. The Morgan fingerprint density at radius 2 is 1.43 bits per heavy atom. The summed E-state index contributed by atoms with van der Waals surface area (Å²) >= 11 is 0. The van der Waals surface area contributed by atoms with E-state index in [-0.39, 0.29) is 66.4 Å². The topological polar surface area (TPSA) is 212 Å². The summed E-state index contributed by atoms with van der Waals surface area (Å²) in [5, 5.41) is 43.2. The third-order valence-electron chi connectivity index (χ3n) is 14.0. The molecular formula is C59H61N5O10. The number of aromatic hydroxyl groups is 1. The molecular weight excluding hydrogens is 939 g/mol. The number of carbonyl (C=O) groups is 3. The Kier molecular flexibility index (Phi) is 16.1. The van der Waals surface area contributed by atoms with E-state index >= 15 is 0 Å². The summed E-state index contributed by atoms with van der Waals surface area (Å²) in [5.74, 6) is -0.172. The normalized spacial score (nSPS) is 17.1. The molecule has 2 fully saturated rings. The second-order valence-electron chi connectivity index (χ2n) is 19.2. The molecule has 15 nitrogen and oxygen atoms in total. The van der Waals surface area contributed by atoms with Crippen molar-refractivity contribution in [3.05, 3.63) is 207 Å². The fraction of sp³-hybridized carbons (Fsp3) is 0.288. The zero-order valence-electron chi connectivity index (χ0n) is 41.2. The van der Waals surface area contributed by atoms with Gasteiger partial charge < -0.3 is 50.5 Å². The number of nitrogens with one attached hydrogen (secondary N) is 4. The van der Waals surface area contributed by atoms with Crippen molar-refractivity contribution in [2.75, 3.05) is 33.4 Å². The first kappa shape index (κ1) is 51.1. The Balaban J connectivity index is 0.718. The Bertz CT molecular complexity index is 3120. The van der Waals surface area contributed by atoms with Gasteiger partial charge in [0.25, 0.3) is 11.8 Å². The number of carbonyl (C=O) groups excluding carboxylic acids is 3. The lowest BCUT2D eigenvalue weighted by Crippen LogP contribution is -2.53. The smallest absolute Gasteiger partial charge is 0.347 e. The average molecular weight is 1000 g/mol. The number of aromatic amines is 1. The van der Waals surface area contributed by atoms with Gasteiger partial charge in [0.15, 0.2) is 0 Å². The van der Waals surface area contributed by atoms with E-state index in [1.165, 1.54) is 24.8 Å². The van der Waals surface area contributed by atoms with E-state index in [0.29, 0.717) is 64.1 Å². The molecule has 1 aliphatic carbocycles. The van der Waals surface area contributed by atoms with Crippen molar-refractivity contribution in [1.29, 1.82) is 0 Å². The van der Waals surface area contributed by atoms with Crippen molar-refractivity contribution in [2.24, 2.45) is 5.92 Å². The van der Waals surface area contributed by atoms with E-state index < -0.39 is 17.7 Å². The van der Waals surface area contributed by atoms with E-state index in [9.17, 15) is 34.5 Å². The number of fused-ring (bicyclic) bond motifs is 1. The minimum absolute atomic E-state index is 0.0845. The maximum atomic E-state index is 13.9. The lowest BCUT2D eigenvalue weighted by atomic mass is 9.86. The summed E-state index contributed by atoms with van der Waals surface area (Å²) in [5.41, 5.74) is 2.87. The lowest BCUT2D eigenvalue weighted by molar-refractivity contribution is -0.164. The second kappa shape index (κ2) is 23.4. The zero-order valence-corrected chi connectivity index (χ0v) is 41.2. The molecule has 2 heterocycles. The fourth-order valence-electron chi connectivity index (χ4n) is 9.69. The maximum Gasteiger partial charge on any atom is 0.347 e. The summed E-state index contributed by atoms with van der Waals surface area (Å²) in [7, 11) is 1.52. The highest BCUT2D eigenvalue weighted by atomic mass is 16.6. The van der Waals surface area contributed by atoms with Gasteiger partial charge in [-0.25, -0.2) is 4.79 Å². The number of amides is 2. The molecule has 74 heavy (non-hydrogen) atoms. The minimum Gasteiger partial charge on any atom is -0.506 e. The molecule has 7 N–H and O–H groups in total. The van der Waals surface area contributed by atoms with Crippen LogP contribution >= 0.6 is 0 Å². The first-order chi connectivity index (χ1) is 35.9. The van der Waals surface area contributed by atoms with Crippen molar-refractivity contribution in [3.8, 4) is 17.2 Å². The molecule has 0 unspecified atom stereocenters. The number of esters is 1. The first-order valence-corrected chi connectivity index (χ1v) is 25.0. The number of H-pyrrole nitrogens is 1. The number of aliphatic hydroxyl groups excluding tert-OH is 1. The predicted molar refractivity (Wildman–Crippen MR) is 280 cm³/mol. The average Bonchev–Trinajstić information content (AvgIpc) is 3.42. The number of phenolic OH excluding ortho intramolecular Hbond substituents is 1. The largest absolute Gasteiger partial charge is 0.506 e. The molecule has 1 aromatic heterocycles. The third kappa shape index (κ3) is 12.2. The minimum atomic E-state index is -2.06. The SMILES string of the molecule is COc1cc(C(=O)NC2CC(NC(=O)c3ccc(COc4cccc([C@](O)(C(=O)OCC5CCN(Cc6ccccc6)CC5)c5ccccc5)c4)cc3)C2)ccc1CNC[C@H](O)c1ccc(O)c2[nH]c(=O)ccc12. The highest BCUT2D eigenvalue weighted by molar-refractivity contribution is 5.96. The van der Waals surface area contributed by atoms with Gasteiger partial charge >= 0.3 is 5.97 Å². The number of piperidine rings is 1. The van der Waals surface area contributed by atoms with Gasteiger partial charge in [0.05, 0.1) is 25.3 Å². The van der Waals surface area contributed by atoms with Crippen molar-refractivity contribution < 1.29 is 43.9 Å². The molecule has 382 valence electrons. The van der Waals surface area contributed by atoms with Crippen LogP contribution in [0.1, 0.15) is 85.9 Å². The Morgan fingerprint density at radius 1 is 0.757 bits per heavy atom. The van der Waals surface area contributed by atoms with Gasteiger partial charge in [-0.2, -0.15) is 0 Å². The number of pyridine rings is 1. The molecule has 1 saturated heterocycles. The van der Waals surface area contributed by atoms with Crippen LogP contribution in [-0.4, -0.2) is 88.4 Å². The Hall–Kier alpha value is -7.82. The van der Waals surface area contributed by atoms with Crippen molar-refractivity contribution in [2.45, 2.75) is 69.2 Å². The van der Waals surface area contributed by atoms with Crippen LogP contribution in [0.3, 0.4) is 0 Å². The molecule has 0 spiro atoms. The van der Waals surface area contributed by atoms with Gasteiger partial charge in [-0.05, 0) is 115 Å². The fourth-order valence-corrected chi connectivity index (χ4v) is 9.69. The molecule has 15 heteroatoms. The molecule has 1 saturated carbocycles. The van der Waals surface area contributed by atoms with Gasteiger partial charge in [0.1, 0.15) is 23.9 Å². The standard InChI is InChI=1S/C59H61N5O10/c1-72-53-29-42(19-20-43(53)33-60-34-52(66)49-21-23-51(65)55-50(49)22-24-54(67)63-55)57(69)62-47-31-46(32-47)61-56(68)41-17-15-39(16-18-41)36-73-48-14-8-13-45(30-48)59(71,44-11-6-3-7-12-44)58(70)74-37-40-25-27-64(28-26-40)35-38-9-4-2-5-10-38/h2-24,29-30,40,46-47,52,60,65-66,71H,25-28,31-37H2,1H3,(H,61,68)(H,62,69)(H,63,67)/t46?,47?,52-,59-/m0/s1. The number of rotatable bonds is 20. The van der Waals surface area contributed by atoms with Crippen LogP contribution in [0.15, 0.2) is 156 Å². The summed E-state index contributed by atoms with van der Waals surface area (Å²) in [6.07, 6.45) is 1.99. The van der Waals surface area contributed by atoms with Gasteiger partial charge in [-0.15, -0.1) is 0 Å². The van der Waals surface area contributed by atoms with Crippen molar-refractivity contribution in [1.82, 2.24) is 25.8 Å². The molecule has 2 aliphatic rings. The van der Waals surface area contributed by atoms with E-state index in [4.69, 9.17) is 14.2 Å². The Labute approximate surface area is 429 Å². The number of aromatic nitrogens is 1. The summed E-state index contributed by atoms with van der Waals surface area (Å²) in [6, 6.07) is 44.0. The third-order valence-corrected chi connectivity index (χ3v) is 14.0. The first-order valence-electron chi connectivity index (χ1n) is 25.0. The molecule has 2 amide bonds. The van der Waals surface area contributed by atoms with Crippen molar-refractivity contribution in [3.63, 3.8) is 0 Å². The number of ether oxygens (including phenoxy) is 3. The quantitative estimate of drug-likeness (QED) is 0.0384. The van der Waals surface area contributed by atoms with Gasteiger partial charge in [0.2, 0.25) is 11.2 Å². The molecule has 6 aromatic carbocycles. The number of benzene rings is 6. The molecule has 1 aliphatic heterocycles. The maximum absolute atomic E-state index is 13.9. The molecule has 0 bridgehead atoms. The monoisotopic (exact) mass is 999 g/mol. The van der Waals surface area contributed by atoms with E-state index in [1.54, 1.807) is 91.0 Å². The predicted octanol–water partition coefficient (Wildman–Crippen LogP) is 7.03. The number of nitrogens with zero attached hydrogens (tertiary/aromatic N) is 1. The zero-order chi connectivity index (χ0) is 51.6.